The van der Waals surface area contributed by atoms with Gasteiger partial charge in [-0.3, -0.25) is 4.79 Å². The molecule has 0 bridgehead atoms. The number of carbonyl (C=O) groups excluding carboxylic acids is 2. The van der Waals surface area contributed by atoms with Crippen molar-refractivity contribution in [3.8, 4) is 0 Å². The molecule has 5 rings (SSSR count). The Balaban J connectivity index is 1.50. The summed E-state index contributed by atoms with van der Waals surface area (Å²) in [6.45, 7) is 0. The topological polar surface area (TPSA) is 55.4 Å². The predicted octanol–water partition coefficient (Wildman–Crippen LogP) is 6.46. The van der Waals surface area contributed by atoms with E-state index in [0.717, 1.165) is 33.0 Å². The zero-order valence-electron chi connectivity index (χ0n) is 21.9. The highest BCUT2D eigenvalue weighted by Crippen LogP contribution is 2.42. The van der Waals surface area contributed by atoms with E-state index >= 15 is 0 Å². The van der Waals surface area contributed by atoms with Crippen molar-refractivity contribution >= 4 is 22.6 Å². The van der Waals surface area contributed by atoms with Crippen molar-refractivity contribution in [1.82, 2.24) is 5.32 Å². The average molecular weight is 514 g/mol. The molecule has 0 aliphatic carbocycles. The Morgan fingerprint density at radius 2 is 1.15 bits per heavy atom. The van der Waals surface area contributed by atoms with E-state index < -0.39 is 17.4 Å². The normalized spacial score (nSPS) is 12.0. The molecule has 0 unspecified atom stereocenters. The molecular formula is C35H31NO3. The third kappa shape index (κ3) is 5.60. The van der Waals surface area contributed by atoms with Crippen LogP contribution in [0, 0.1) is 0 Å². The van der Waals surface area contributed by atoms with Crippen LogP contribution in [0.25, 0.3) is 10.8 Å². The molecule has 194 valence electrons. The summed E-state index contributed by atoms with van der Waals surface area (Å²) in [6, 6.07) is 43.5. The Morgan fingerprint density at radius 3 is 1.67 bits per heavy atom. The Hall–Kier alpha value is -4.70. The lowest BCUT2D eigenvalue weighted by molar-refractivity contribution is -0.145. The molecule has 4 heteroatoms. The van der Waals surface area contributed by atoms with Crippen molar-refractivity contribution in [3.05, 3.63) is 156 Å². The molecule has 4 nitrogen and oxygen atoms in total. The molecule has 0 spiro atoms. The Labute approximate surface area is 229 Å². The average Bonchev–Trinajstić information content (AvgIpc) is 3.00. The van der Waals surface area contributed by atoms with E-state index in [0.29, 0.717) is 6.42 Å². The number of fused-ring (bicyclic) bond motifs is 1. The van der Waals surface area contributed by atoms with E-state index in [2.05, 4.69) is 53.8 Å². The molecule has 5 aromatic rings. The van der Waals surface area contributed by atoms with Crippen LogP contribution in [-0.2, 0) is 26.2 Å². The Bertz CT molecular complexity index is 1450. The van der Waals surface area contributed by atoms with Crippen molar-refractivity contribution < 1.29 is 14.3 Å². The van der Waals surface area contributed by atoms with Gasteiger partial charge in [-0.15, -0.1) is 0 Å². The molecule has 0 fully saturated rings. The van der Waals surface area contributed by atoms with Gasteiger partial charge in [-0.1, -0.05) is 133 Å². The van der Waals surface area contributed by atoms with E-state index in [-0.39, 0.29) is 12.3 Å². The number of nitrogens with one attached hydrogen (secondary N) is 1. The van der Waals surface area contributed by atoms with Gasteiger partial charge >= 0.3 is 5.97 Å². The molecule has 5 aromatic carbocycles. The van der Waals surface area contributed by atoms with E-state index in [4.69, 9.17) is 4.74 Å². The van der Waals surface area contributed by atoms with E-state index in [1.165, 1.54) is 7.11 Å². The number of hydrogen-bond donors (Lipinski definition) is 1. The largest absolute Gasteiger partial charge is 0.467 e. The van der Waals surface area contributed by atoms with Crippen molar-refractivity contribution in [1.29, 1.82) is 0 Å². The molecule has 39 heavy (non-hydrogen) atoms. The summed E-state index contributed by atoms with van der Waals surface area (Å²) in [5.74, 6) is -0.705. The van der Waals surface area contributed by atoms with Crippen LogP contribution in [0.15, 0.2) is 133 Å². The summed E-state index contributed by atoms with van der Waals surface area (Å²) in [6.07, 6.45) is 0.453. The lowest BCUT2D eigenvalue weighted by Crippen LogP contribution is -2.46. The number of esters is 1. The second-order valence-electron chi connectivity index (χ2n) is 9.71. The number of rotatable bonds is 9. The van der Waals surface area contributed by atoms with Crippen molar-refractivity contribution in [2.75, 3.05) is 7.11 Å². The predicted molar refractivity (Wildman–Crippen MR) is 155 cm³/mol. The number of ether oxygens (including phenoxy) is 1. The van der Waals surface area contributed by atoms with Gasteiger partial charge in [0, 0.05) is 12.8 Å². The van der Waals surface area contributed by atoms with Gasteiger partial charge in [0.05, 0.1) is 12.5 Å². The highest BCUT2D eigenvalue weighted by atomic mass is 16.5. The van der Waals surface area contributed by atoms with E-state index in [1.807, 2.05) is 84.9 Å². The first-order valence-electron chi connectivity index (χ1n) is 13.1. The molecule has 0 aliphatic rings. The fourth-order valence-corrected chi connectivity index (χ4v) is 5.40. The van der Waals surface area contributed by atoms with Crippen LogP contribution >= 0.6 is 0 Å². The number of carbonyl (C=O) groups is 2. The third-order valence-electron chi connectivity index (χ3n) is 7.30. The monoisotopic (exact) mass is 513 g/mol. The fraction of sp³-hybridized carbons (Fsp3) is 0.143. The molecule has 0 saturated carbocycles. The quantitative estimate of drug-likeness (QED) is 0.182. The van der Waals surface area contributed by atoms with Gasteiger partial charge in [0.1, 0.15) is 6.04 Å². The standard InChI is InChI=1S/C35H31NO3/c1-39-34(38)32(24-26-21-22-27-13-11-12-14-28(27)23-26)36-33(37)25-35(29-15-5-2-6-16-29,30-17-7-3-8-18-30)31-19-9-4-10-20-31/h2-23,32H,24-25H2,1H3,(H,36,37)/t32-/m0/s1. The number of methoxy groups -OCH3 is 1. The lowest BCUT2D eigenvalue weighted by Gasteiger charge is -2.36. The second-order valence-corrected chi connectivity index (χ2v) is 9.71. The van der Waals surface area contributed by atoms with Crippen LogP contribution in [-0.4, -0.2) is 25.0 Å². The first-order chi connectivity index (χ1) is 19.1. The molecule has 0 heterocycles. The minimum absolute atomic E-state index is 0.121. The third-order valence-corrected chi connectivity index (χ3v) is 7.30. The minimum atomic E-state index is -0.816. The smallest absolute Gasteiger partial charge is 0.328 e. The van der Waals surface area contributed by atoms with Gasteiger partial charge in [0.15, 0.2) is 0 Å². The Kier molecular flexibility index (Phi) is 7.83. The maximum Gasteiger partial charge on any atom is 0.328 e. The highest BCUT2D eigenvalue weighted by Gasteiger charge is 2.39. The van der Waals surface area contributed by atoms with Gasteiger partial charge in [0.2, 0.25) is 5.91 Å². The summed E-state index contributed by atoms with van der Waals surface area (Å²) in [7, 11) is 1.35. The molecule has 1 atom stereocenters. The van der Waals surface area contributed by atoms with Gasteiger partial charge < -0.3 is 10.1 Å². The maximum absolute atomic E-state index is 13.9. The van der Waals surface area contributed by atoms with Crippen LogP contribution in [0.1, 0.15) is 28.7 Å². The molecule has 0 aromatic heterocycles. The van der Waals surface area contributed by atoms with Crippen LogP contribution in [0.3, 0.4) is 0 Å². The molecule has 1 N–H and O–H groups in total. The van der Waals surface area contributed by atoms with Gasteiger partial charge in [-0.05, 0) is 33.0 Å². The first kappa shape index (κ1) is 25.9. The maximum atomic E-state index is 13.9. The van der Waals surface area contributed by atoms with Gasteiger partial charge in [0.25, 0.3) is 0 Å². The molecule has 0 radical (unpaired) electrons. The minimum Gasteiger partial charge on any atom is -0.467 e. The van der Waals surface area contributed by atoms with Gasteiger partial charge in [-0.2, -0.15) is 0 Å². The summed E-state index contributed by atoms with van der Waals surface area (Å²) in [4.78, 5) is 26.7. The summed E-state index contributed by atoms with van der Waals surface area (Å²) in [5, 5.41) is 5.22. The molecular weight excluding hydrogens is 482 g/mol. The van der Waals surface area contributed by atoms with Gasteiger partial charge in [-0.25, -0.2) is 4.79 Å². The Morgan fingerprint density at radius 1 is 0.667 bits per heavy atom. The van der Waals surface area contributed by atoms with Crippen LogP contribution in [0.2, 0.25) is 0 Å². The zero-order chi connectivity index (χ0) is 27.1. The SMILES string of the molecule is COC(=O)[C@H](Cc1ccc2ccccc2c1)NC(=O)CC(c1ccccc1)(c1ccccc1)c1ccccc1. The molecule has 0 aliphatic heterocycles. The number of amides is 1. The molecule has 1 amide bonds. The van der Waals surface area contributed by atoms with Crippen molar-refractivity contribution in [2.24, 2.45) is 0 Å². The lowest BCUT2D eigenvalue weighted by atomic mass is 9.67. The van der Waals surface area contributed by atoms with Crippen LogP contribution < -0.4 is 5.32 Å². The summed E-state index contributed by atoms with van der Waals surface area (Å²) < 4.78 is 5.10. The molecule has 0 saturated heterocycles. The van der Waals surface area contributed by atoms with Crippen LogP contribution in [0.4, 0.5) is 0 Å². The highest BCUT2D eigenvalue weighted by molar-refractivity contribution is 5.87. The van der Waals surface area contributed by atoms with Crippen molar-refractivity contribution in [3.63, 3.8) is 0 Å². The van der Waals surface area contributed by atoms with E-state index in [1.54, 1.807) is 0 Å². The van der Waals surface area contributed by atoms with E-state index in [9.17, 15) is 9.59 Å². The number of benzene rings is 5. The van der Waals surface area contributed by atoms with Crippen LogP contribution in [0.5, 0.6) is 0 Å². The number of hydrogen-bond acceptors (Lipinski definition) is 3. The summed E-state index contributed by atoms with van der Waals surface area (Å²) >= 11 is 0. The zero-order valence-corrected chi connectivity index (χ0v) is 21.9. The van der Waals surface area contributed by atoms with Crippen molar-refractivity contribution in [2.45, 2.75) is 24.3 Å². The fourth-order valence-electron chi connectivity index (χ4n) is 5.40. The summed E-state index contributed by atoms with van der Waals surface area (Å²) in [5.41, 5.74) is 3.20. The first-order valence-corrected chi connectivity index (χ1v) is 13.1. The second kappa shape index (κ2) is 11.8.